The molecule has 0 spiro atoms. The van der Waals surface area contributed by atoms with Gasteiger partial charge in [-0.25, -0.2) is 0 Å². The summed E-state index contributed by atoms with van der Waals surface area (Å²) in [6, 6.07) is 2.93. The maximum atomic E-state index is 11.9. The fraction of sp³-hybridized carbons (Fsp3) is 0.385. The molecule has 1 N–H and O–H groups in total. The van der Waals surface area contributed by atoms with Crippen molar-refractivity contribution in [2.24, 2.45) is 5.92 Å². The molecule has 1 aliphatic rings. The number of carbonyl (C=O) groups is 2. The molecule has 0 unspecified atom stereocenters. The molecule has 1 atom stereocenters. The third-order valence-electron chi connectivity index (χ3n) is 2.83. The van der Waals surface area contributed by atoms with Crippen LogP contribution in [0.3, 0.4) is 0 Å². The van der Waals surface area contributed by atoms with Crippen LogP contribution >= 0.6 is 34.8 Å². The van der Waals surface area contributed by atoms with E-state index in [2.05, 4.69) is 5.32 Å². The Labute approximate surface area is 131 Å². The zero-order valence-electron chi connectivity index (χ0n) is 10.6. The van der Waals surface area contributed by atoms with E-state index >= 15 is 0 Å². The number of carbonyl (C=O) groups excluding carboxylic acids is 2. The molecule has 1 saturated carbocycles. The molecule has 1 aliphatic carbocycles. The minimum Gasteiger partial charge on any atom is -0.452 e. The Hall–Kier alpha value is -0.970. The molecule has 4 nitrogen and oxygen atoms in total. The predicted molar refractivity (Wildman–Crippen MR) is 78.4 cm³/mol. The Morgan fingerprint density at radius 2 is 1.80 bits per heavy atom. The highest BCUT2D eigenvalue weighted by Gasteiger charge is 2.33. The molecule has 1 aromatic carbocycles. The van der Waals surface area contributed by atoms with E-state index < -0.39 is 12.0 Å². The van der Waals surface area contributed by atoms with Crippen molar-refractivity contribution in [2.45, 2.75) is 25.9 Å². The van der Waals surface area contributed by atoms with E-state index in [0.717, 1.165) is 12.8 Å². The van der Waals surface area contributed by atoms with Crippen molar-refractivity contribution in [1.29, 1.82) is 0 Å². The Morgan fingerprint density at radius 1 is 1.25 bits per heavy atom. The normalized spacial score (nSPS) is 15.6. The summed E-state index contributed by atoms with van der Waals surface area (Å²) >= 11 is 17.7. The van der Waals surface area contributed by atoms with Crippen LogP contribution in [0.25, 0.3) is 0 Å². The van der Waals surface area contributed by atoms with Gasteiger partial charge in [-0.3, -0.25) is 9.59 Å². The molecule has 0 heterocycles. The second-order valence-corrected chi connectivity index (χ2v) is 5.84. The highest BCUT2D eigenvalue weighted by molar-refractivity contribution is 6.42. The lowest BCUT2D eigenvalue weighted by Gasteiger charge is -2.15. The zero-order valence-corrected chi connectivity index (χ0v) is 12.9. The number of ether oxygens (including phenoxy) is 1. The van der Waals surface area contributed by atoms with E-state index in [1.807, 2.05) is 0 Å². The lowest BCUT2D eigenvalue weighted by atomic mass is 10.3. The van der Waals surface area contributed by atoms with Crippen molar-refractivity contribution >= 4 is 52.4 Å². The van der Waals surface area contributed by atoms with Gasteiger partial charge in [0.1, 0.15) is 0 Å². The molecule has 0 aliphatic heterocycles. The van der Waals surface area contributed by atoms with Crippen LogP contribution < -0.4 is 5.32 Å². The number of halogens is 3. The van der Waals surface area contributed by atoms with Gasteiger partial charge in [0.2, 0.25) is 0 Å². The topological polar surface area (TPSA) is 55.4 Å². The minimum absolute atomic E-state index is 0.0621. The maximum absolute atomic E-state index is 11.9. The maximum Gasteiger partial charge on any atom is 0.309 e. The first-order chi connectivity index (χ1) is 9.38. The number of nitrogens with one attached hydrogen (secondary N) is 1. The summed E-state index contributed by atoms with van der Waals surface area (Å²) in [6.45, 7) is 1.49. The third kappa shape index (κ3) is 3.78. The quantitative estimate of drug-likeness (QED) is 0.848. The molecular weight excluding hydrogens is 325 g/mol. The van der Waals surface area contributed by atoms with E-state index in [9.17, 15) is 9.59 Å². The number of hydrogen-bond donors (Lipinski definition) is 1. The molecule has 0 bridgehead atoms. The summed E-state index contributed by atoms with van der Waals surface area (Å²) in [4.78, 5) is 23.4. The molecule has 0 aromatic heterocycles. The van der Waals surface area contributed by atoms with E-state index in [4.69, 9.17) is 39.5 Å². The van der Waals surface area contributed by atoms with Crippen molar-refractivity contribution < 1.29 is 14.3 Å². The molecule has 2 rings (SSSR count). The van der Waals surface area contributed by atoms with Crippen molar-refractivity contribution in [3.63, 3.8) is 0 Å². The van der Waals surface area contributed by atoms with Gasteiger partial charge in [-0.15, -0.1) is 0 Å². The highest BCUT2D eigenvalue weighted by atomic mass is 35.5. The van der Waals surface area contributed by atoms with Crippen LogP contribution in [0.5, 0.6) is 0 Å². The first kappa shape index (κ1) is 15.4. The van der Waals surface area contributed by atoms with Gasteiger partial charge in [-0.1, -0.05) is 34.8 Å². The fourth-order valence-electron chi connectivity index (χ4n) is 1.53. The smallest absolute Gasteiger partial charge is 0.309 e. The van der Waals surface area contributed by atoms with E-state index in [1.54, 1.807) is 0 Å². The fourth-order valence-corrected chi connectivity index (χ4v) is 2.44. The number of benzene rings is 1. The van der Waals surface area contributed by atoms with Crippen LogP contribution in [-0.2, 0) is 14.3 Å². The molecule has 108 valence electrons. The molecule has 0 radical (unpaired) electrons. The lowest BCUT2D eigenvalue weighted by Crippen LogP contribution is -2.30. The Kier molecular flexibility index (Phi) is 4.78. The van der Waals surface area contributed by atoms with E-state index in [0.29, 0.717) is 5.02 Å². The SMILES string of the molecule is C[C@H](OC(=O)C1CC1)C(=O)Nc1c(Cl)cc(Cl)cc1Cl. The molecule has 0 saturated heterocycles. The average molecular weight is 337 g/mol. The summed E-state index contributed by atoms with van der Waals surface area (Å²) in [5.74, 6) is -0.904. The Morgan fingerprint density at radius 3 is 2.30 bits per heavy atom. The van der Waals surface area contributed by atoms with Gasteiger partial charge in [-0.05, 0) is 31.9 Å². The van der Waals surface area contributed by atoms with E-state index in [-0.39, 0.29) is 27.6 Å². The average Bonchev–Trinajstić information content (AvgIpc) is 3.17. The minimum atomic E-state index is -0.911. The summed E-state index contributed by atoms with van der Waals surface area (Å²) in [5.41, 5.74) is 0.247. The van der Waals surface area contributed by atoms with Gasteiger partial charge < -0.3 is 10.1 Å². The second-order valence-electron chi connectivity index (χ2n) is 4.59. The molecule has 1 fully saturated rings. The van der Waals surface area contributed by atoms with Gasteiger partial charge in [-0.2, -0.15) is 0 Å². The monoisotopic (exact) mass is 335 g/mol. The van der Waals surface area contributed by atoms with Gasteiger partial charge in [0, 0.05) is 5.02 Å². The van der Waals surface area contributed by atoms with Crippen LogP contribution in [0.2, 0.25) is 15.1 Å². The number of anilines is 1. The highest BCUT2D eigenvalue weighted by Crippen LogP contribution is 2.34. The lowest BCUT2D eigenvalue weighted by molar-refractivity contribution is -0.154. The van der Waals surface area contributed by atoms with Gasteiger partial charge in [0.25, 0.3) is 5.91 Å². The standard InChI is InChI=1S/C13H12Cl3NO3/c1-6(20-13(19)7-2-3-7)12(18)17-11-9(15)4-8(14)5-10(11)16/h4-7H,2-3H2,1H3,(H,17,18)/t6-/m0/s1. The Bertz CT molecular complexity index is 535. The molecular formula is C13H12Cl3NO3. The van der Waals surface area contributed by atoms with Crippen LogP contribution in [-0.4, -0.2) is 18.0 Å². The van der Waals surface area contributed by atoms with E-state index in [1.165, 1.54) is 19.1 Å². The molecule has 1 amide bonds. The van der Waals surface area contributed by atoms with Gasteiger partial charge >= 0.3 is 5.97 Å². The first-order valence-corrected chi connectivity index (χ1v) is 7.17. The summed E-state index contributed by atoms with van der Waals surface area (Å²) in [6.07, 6.45) is 0.732. The predicted octanol–water partition coefficient (Wildman–Crippen LogP) is 3.93. The molecule has 20 heavy (non-hydrogen) atoms. The van der Waals surface area contributed by atoms with Crippen molar-refractivity contribution in [1.82, 2.24) is 0 Å². The van der Waals surface area contributed by atoms with Gasteiger partial charge in [0.05, 0.1) is 21.7 Å². The number of rotatable bonds is 4. The first-order valence-electron chi connectivity index (χ1n) is 6.04. The summed E-state index contributed by atoms with van der Waals surface area (Å²) < 4.78 is 5.05. The number of hydrogen-bond acceptors (Lipinski definition) is 3. The van der Waals surface area contributed by atoms with Crippen LogP contribution in [0.4, 0.5) is 5.69 Å². The second kappa shape index (κ2) is 6.20. The zero-order chi connectivity index (χ0) is 14.9. The summed E-state index contributed by atoms with van der Waals surface area (Å²) in [7, 11) is 0. The number of esters is 1. The van der Waals surface area contributed by atoms with Crippen LogP contribution in [0.15, 0.2) is 12.1 Å². The van der Waals surface area contributed by atoms with Crippen molar-refractivity contribution in [2.75, 3.05) is 5.32 Å². The molecule has 7 heteroatoms. The largest absolute Gasteiger partial charge is 0.452 e. The molecule has 1 aromatic rings. The Balaban J connectivity index is 2.01. The van der Waals surface area contributed by atoms with Crippen molar-refractivity contribution in [3.05, 3.63) is 27.2 Å². The number of amides is 1. The summed E-state index contributed by atoms with van der Waals surface area (Å²) in [5, 5.41) is 3.34. The van der Waals surface area contributed by atoms with Gasteiger partial charge in [0.15, 0.2) is 6.10 Å². The van der Waals surface area contributed by atoms with Crippen molar-refractivity contribution in [3.8, 4) is 0 Å². The van der Waals surface area contributed by atoms with Crippen LogP contribution in [0, 0.1) is 5.92 Å². The van der Waals surface area contributed by atoms with Crippen LogP contribution in [0.1, 0.15) is 19.8 Å². The third-order valence-corrected chi connectivity index (χ3v) is 3.64.